The summed E-state index contributed by atoms with van der Waals surface area (Å²) < 4.78 is 1.93. The minimum atomic E-state index is -0.779. The first-order valence-electron chi connectivity index (χ1n) is 7.24. The first-order valence-corrected chi connectivity index (χ1v) is 7.24. The van der Waals surface area contributed by atoms with Crippen LogP contribution in [0.1, 0.15) is 31.7 Å². The van der Waals surface area contributed by atoms with Crippen molar-refractivity contribution in [3.05, 3.63) is 48.5 Å². The molecule has 0 amide bonds. The quantitative estimate of drug-likeness (QED) is 0.783. The fourth-order valence-corrected chi connectivity index (χ4v) is 2.16. The highest BCUT2D eigenvalue weighted by atomic mass is 16.4. The van der Waals surface area contributed by atoms with Crippen LogP contribution >= 0.6 is 0 Å². The second-order valence-corrected chi connectivity index (χ2v) is 5.05. The van der Waals surface area contributed by atoms with E-state index in [-0.39, 0.29) is 0 Å². The maximum atomic E-state index is 11.2. The largest absolute Gasteiger partial charge is 0.480 e. The second-order valence-electron chi connectivity index (χ2n) is 5.05. The number of benzene rings is 1. The summed E-state index contributed by atoms with van der Waals surface area (Å²) in [6, 6.07) is 7.53. The number of carboxylic acids is 1. The Morgan fingerprint density at radius 1 is 1.38 bits per heavy atom. The lowest BCUT2D eigenvalue weighted by molar-refractivity contribution is -0.139. The van der Waals surface area contributed by atoms with Gasteiger partial charge in [-0.15, -0.1) is 0 Å². The molecule has 0 saturated heterocycles. The summed E-state index contributed by atoms with van der Waals surface area (Å²) in [6.07, 6.45) is 7.96. The minimum Gasteiger partial charge on any atom is -0.480 e. The molecule has 0 fully saturated rings. The van der Waals surface area contributed by atoms with Crippen molar-refractivity contribution in [3.8, 4) is 5.69 Å². The van der Waals surface area contributed by atoms with Gasteiger partial charge in [0.2, 0.25) is 0 Å². The molecule has 2 aromatic rings. The van der Waals surface area contributed by atoms with E-state index < -0.39 is 12.0 Å². The van der Waals surface area contributed by atoms with Gasteiger partial charge in [-0.3, -0.25) is 4.79 Å². The summed E-state index contributed by atoms with van der Waals surface area (Å²) in [5, 5.41) is 12.3. The average Bonchev–Trinajstić information content (AvgIpc) is 3.02. The zero-order valence-corrected chi connectivity index (χ0v) is 12.2. The van der Waals surface area contributed by atoms with E-state index in [4.69, 9.17) is 0 Å². The molecule has 0 radical (unpaired) electrons. The van der Waals surface area contributed by atoms with Crippen molar-refractivity contribution < 1.29 is 9.90 Å². The third-order valence-corrected chi connectivity index (χ3v) is 3.44. The maximum Gasteiger partial charge on any atom is 0.320 e. The Balaban J connectivity index is 1.92. The molecule has 1 aromatic carbocycles. The van der Waals surface area contributed by atoms with Crippen LogP contribution < -0.4 is 5.32 Å². The normalized spacial score (nSPS) is 12.2. The van der Waals surface area contributed by atoms with Crippen LogP contribution in [0.25, 0.3) is 5.69 Å². The van der Waals surface area contributed by atoms with Gasteiger partial charge in [-0.1, -0.05) is 31.9 Å². The molecule has 0 aliphatic carbocycles. The SMILES string of the molecule is CCCC[C@H](NCc1ccc(-n2ccnc2)cc1)C(=O)O. The predicted molar refractivity (Wildman–Crippen MR) is 81.4 cm³/mol. The molecule has 0 unspecified atom stereocenters. The second kappa shape index (κ2) is 7.59. The number of carbonyl (C=O) groups is 1. The van der Waals surface area contributed by atoms with Crippen molar-refractivity contribution in [2.75, 3.05) is 0 Å². The van der Waals surface area contributed by atoms with Gasteiger partial charge in [-0.05, 0) is 24.1 Å². The van der Waals surface area contributed by atoms with Crippen molar-refractivity contribution in [2.24, 2.45) is 0 Å². The molecular weight excluding hydrogens is 266 g/mol. The molecule has 0 saturated carbocycles. The third-order valence-electron chi connectivity index (χ3n) is 3.44. The average molecular weight is 287 g/mol. The number of nitrogens with one attached hydrogen (secondary N) is 1. The van der Waals surface area contributed by atoms with Crippen molar-refractivity contribution in [1.82, 2.24) is 14.9 Å². The van der Waals surface area contributed by atoms with Crippen LogP contribution in [-0.4, -0.2) is 26.7 Å². The van der Waals surface area contributed by atoms with Gasteiger partial charge in [0, 0.05) is 24.6 Å². The van der Waals surface area contributed by atoms with Crippen LogP contribution in [0.4, 0.5) is 0 Å². The maximum absolute atomic E-state index is 11.2. The molecule has 1 atom stereocenters. The van der Waals surface area contributed by atoms with Gasteiger partial charge in [-0.25, -0.2) is 4.98 Å². The molecule has 0 aliphatic rings. The standard InChI is InChI=1S/C16H21N3O2/c1-2-3-4-15(16(20)21)18-11-13-5-7-14(8-6-13)19-10-9-17-12-19/h5-10,12,15,18H,2-4,11H2,1H3,(H,20,21)/t15-/m0/s1. The number of nitrogens with zero attached hydrogens (tertiary/aromatic N) is 2. The smallest absolute Gasteiger partial charge is 0.320 e. The molecule has 2 rings (SSSR count). The fraction of sp³-hybridized carbons (Fsp3) is 0.375. The topological polar surface area (TPSA) is 67.2 Å². The van der Waals surface area contributed by atoms with Gasteiger partial charge in [0.25, 0.3) is 0 Å². The van der Waals surface area contributed by atoms with E-state index in [0.29, 0.717) is 13.0 Å². The van der Waals surface area contributed by atoms with Gasteiger partial charge < -0.3 is 15.0 Å². The van der Waals surface area contributed by atoms with Crippen molar-refractivity contribution in [2.45, 2.75) is 38.8 Å². The lowest BCUT2D eigenvalue weighted by Gasteiger charge is -2.14. The number of unbranched alkanes of at least 4 members (excludes halogenated alkanes) is 1. The monoisotopic (exact) mass is 287 g/mol. The summed E-state index contributed by atoms with van der Waals surface area (Å²) in [5.74, 6) is -0.779. The summed E-state index contributed by atoms with van der Waals surface area (Å²) in [6.45, 7) is 2.62. The molecule has 112 valence electrons. The number of aliphatic carboxylic acids is 1. The van der Waals surface area contributed by atoms with Crippen LogP contribution in [0, 0.1) is 0 Å². The van der Waals surface area contributed by atoms with Gasteiger partial charge in [-0.2, -0.15) is 0 Å². The summed E-state index contributed by atoms with van der Waals surface area (Å²) in [7, 11) is 0. The van der Waals surface area contributed by atoms with E-state index in [0.717, 1.165) is 24.1 Å². The van der Waals surface area contributed by atoms with Crippen molar-refractivity contribution in [1.29, 1.82) is 0 Å². The van der Waals surface area contributed by atoms with Crippen LogP contribution in [0.5, 0.6) is 0 Å². The highest BCUT2D eigenvalue weighted by Gasteiger charge is 2.15. The van der Waals surface area contributed by atoms with Crippen LogP contribution in [-0.2, 0) is 11.3 Å². The first kappa shape index (κ1) is 15.3. The zero-order chi connectivity index (χ0) is 15.1. The van der Waals surface area contributed by atoms with Crippen LogP contribution in [0.3, 0.4) is 0 Å². The van der Waals surface area contributed by atoms with Gasteiger partial charge >= 0.3 is 5.97 Å². The van der Waals surface area contributed by atoms with Gasteiger partial charge in [0.05, 0.1) is 6.33 Å². The molecule has 5 nitrogen and oxygen atoms in total. The minimum absolute atomic E-state index is 0.474. The first-order chi connectivity index (χ1) is 10.2. The Labute approximate surface area is 124 Å². The number of rotatable bonds is 8. The van der Waals surface area contributed by atoms with E-state index in [1.165, 1.54) is 0 Å². The zero-order valence-electron chi connectivity index (χ0n) is 12.2. The van der Waals surface area contributed by atoms with Crippen molar-refractivity contribution >= 4 is 5.97 Å². The highest BCUT2D eigenvalue weighted by molar-refractivity contribution is 5.73. The molecule has 1 aromatic heterocycles. The van der Waals surface area contributed by atoms with Crippen LogP contribution in [0.2, 0.25) is 0 Å². The lowest BCUT2D eigenvalue weighted by atomic mass is 10.1. The molecule has 2 N–H and O–H groups in total. The van der Waals surface area contributed by atoms with E-state index >= 15 is 0 Å². The van der Waals surface area contributed by atoms with E-state index in [9.17, 15) is 9.90 Å². The molecule has 5 heteroatoms. The molecule has 0 spiro atoms. The summed E-state index contributed by atoms with van der Waals surface area (Å²) in [4.78, 5) is 15.2. The van der Waals surface area contributed by atoms with Crippen molar-refractivity contribution in [3.63, 3.8) is 0 Å². The fourth-order valence-electron chi connectivity index (χ4n) is 2.16. The number of carboxylic acid groups (broad SMARTS) is 1. The number of hydrogen-bond donors (Lipinski definition) is 2. The number of hydrogen-bond acceptors (Lipinski definition) is 3. The van der Waals surface area contributed by atoms with Gasteiger partial charge in [0.1, 0.15) is 6.04 Å². The molecule has 0 bridgehead atoms. The Bertz CT molecular complexity index is 549. The summed E-state index contributed by atoms with van der Waals surface area (Å²) >= 11 is 0. The molecule has 1 heterocycles. The number of aromatic nitrogens is 2. The highest BCUT2D eigenvalue weighted by Crippen LogP contribution is 2.10. The summed E-state index contributed by atoms with van der Waals surface area (Å²) in [5.41, 5.74) is 2.11. The Hall–Kier alpha value is -2.14. The van der Waals surface area contributed by atoms with E-state index in [1.807, 2.05) is 35.0 Å². The Morgan fingerprint density at radius 2 is 2.14 bits per heavy atom. The molecule has 21 heavy (non-hydrogen) atoms. The van der Waals surface area contributed by atoms with Crippen LogP contribution in [0.15, 0.2) is 43.0 Å². The Kier molecular flexibility index (Phi) is 5.51. The third kappa shape index (κ3) is 4.43. The lowest BCUT2D eigenvalue weighted by Crippen LogP contribution is -2.36. The predicted octanol–water partition coefficient (Wildman–Crippen LogP) is 2.61. The van der Waals surface area contributed by atoms with E-state index in [1.54, 1.807) is 12.5 Å². The molecular formula is C16H21N3O2. The molecule has 0 aliphatic heterocycles. The Morgan fingerprint density at radius 3 is 2.71 bits per heavy atom. The van der Waals surface area contributed by atoms with Gasteiger partial charge in [0.15, 0.2) is 0 Å². The van der Waals surface area contributed by atoms with E-state index in [2.05, 4.69) is 17.2 Å². The number of imidazole rings is 1.